The van der Waals surface area contributed by atoms with Crippen LogP contribution in [0.2, 0.25) is 0 Å². The minimum atomic E-state index is 0.227. The average molecular weight is 385 g/mol. The minimum Gasteiger partial charge on any atom is -0.383 e. The summed E-state index contributed by atoms with van der Waals surface area (Å²) in [6.07, 6.45) is 4.20. The second-order valence-electron chi connectivity index (χ2n) is 7.03. The smallest absolute Gasteiger partial charge is 0.227 e. The SMILES string of the molecule is COCCn1c(CC2CCN(C(=O)Cc3ccsc3)C2)nc2cccnc21. The molecule has 1 aliphatic heterocycles. The van der Waals surface area contributed by atoms with E-state index in [9.17, 15) is 4.79 Å². The molecule has 6 nitrogen and oxygen atoms in total. The molecule has 0 saturated carbocycles. The van der Waals surface area contributed by atoms with Crippen molar-refractivity contribution in [2.45, 2.75) is 25.8 Å². The van der Waals surface area contributed by atoms with Crippen LogP contribution >= 0.6 is 11.3 Å². The summed E-state index contributed by atoms with van der Waals surface area (Å²) in [5, 5.41) is 4.07. The Hall–Kier alpha value is -2.25. The van der Waals surface area contributed by atoms with Crippen LogP contribution in [0.5, 0.6) is 0 Å². The molecule has 0 aromatic carbocycles. The number of likely N-dealkylation sites (tertiary alicyclic amines) is 1. The lowest BCUT2D eigenvalue weighted by Crippen LogP contribution is -2.30. The molecule has 1 saturated heterocycles. The number of pyridine rings is 1. The molecule has 0 bridgehead atoms. The van der Waals surface area contributed by atoms with Crippen LogP contribution in [-0.4, -0.2) is 52.1 Å². The Bertz CT molecular complexity index is 906. The first kappa shape index (κ1) is 18.1. The van der Waals surface area contributed by atoms with Gasteiger partial charge in [-0.3, -0.25) is 4.79 Å². The molecule has 7 heteroatoms. The number of carbonyl (C=O) groups is 1. The molecule has 4 heterocycles. The molecule has 1 aliphatic rings. The summed E-state index contributed by atoms with van der Waals surface area (Å²) in [5.41, 5.74) is 2.95. The number of aromatic nitrogens is 3. The van der Waals surface area contributed by atoms with Gasteiger partial charge in [-0.1, -0.05) is 0 Å². The predicted molar refractivity (Wildman–Crippen MR) is 106 cm³/mol. The van der Waals surface area contributed by atoms with Crippen molar-refractivity contribution in [3.05, 3.63) is 46.5 Å². The lowest BCUT2D eigenvalue weighted by molar-refractivity contribution is -0.129. The van der Waals surface area contributed by atoms with E-state index in [4.69, 9.17) is 9.72 Å². The third-order valence-electron chi connectivity index (χ3n) is 5.15. The van der Waals surface area contributed by atoms with E-state index in [1.165, 1.54) is 0 Å². The maximum atomic E-state index is 12.5. The molecular weight excluding hydrogens is 360 g/mol. The van der Waals surface area contributed by atoms with Crippen LogP contribution in [0.4, 0.5) is 0 Å². The first-order valence-corrected chi connectivity index (χ1v) is 10.3. The van der Waals surface area contributed by atoms with Gasteiger partial charge in [-0.25, -0.2) is 9.97 Å². The van der Waals surface area contributed by atoms with E-state index >= 15 is 0 Å². The summed E-state index contributed by atoms with van der Waals surface area (Å²) < 4.78 is 7.42. The van der Waals surface area contributed by atoms with Crippen molar-refractivity contribution in [1.29, 1.82) is 0 Å². The highest BCUT2D eigenvalue weighted by molar-refractivity contribution is 7.08. The molecule has 1 fully saturated rings. The van der Waals surface area contributed by atoms with Gasteiger partial charge >= 0.3 is 0 Å². The lowest BCUT2D eigenvalue weighted by Gasteiger charge is -2.16. The third-order valence-corrected chi connectivity index (χ3v) is 5.88. The standard InChI is InChI=1S/C20H24N4O2S/c1-26-9-8-24-18(22-17-3-2-6-21-20(17)24)11-15-4-7-23(13-15)19(25)12-16-5-10-27-14-16/h2-3,5-6,10,14-15H,4,7-9,11-13H2,1H3. The average Bonchev–Trinajstić information content (AvgIpc) is 3.40. The summed E-state index contributed by atoms with van der Waals surface area (Å²) in [6.45, 7) is 3.02. The Morgan fingerprint density at radius 1 is 1.41 bits per heavy atom. The number of thiophene rings is 1. The van der Waals surface area contributed by atoms with Crippen LogP contribution in [0.1, 0.15) is 17.8 Å². The minimum absolute atomic E-state index is 0.227. The Kier molecular flexibility index (Phi) is 5.50. The second kappa shape index (κ2) is 8.19. The Morgan fingerprint density at radius 2 is 2.33 bits per heavy atom. The number of nitrogens with zero attached hydrogens (tertiary/aromatic N) is 4. The van der Waals surface area contributed by atoms with Crippen LogP contribution in [-0.2, 0) is 28.9 Å². The molecule has 3 aromatic rings. The topological polar surface area (TPSA) is 60.2 Å². The predicted octanol–water partition coefficient (Wildman–Crippen LogP) is 2.77. The number of amides is 1. The highest BCUT2D eigenvalue weighted by Gasteiger charge is 2.28. The number of hydrogen-bond acceptors (Lipinski definition) is 5. The summed E-state index contributed by atoms with van der Waals surface area (Å²) in [7, 11) is 1.71. The van der Waals surface area contributed by atoms with Crippen molar-refractivity contribution in [2.24, 2.45) is 5.92 Å². The monoisotopic (exact) mass is 384 g/mol. The maximum Gasteiger partial charge on any atom is 0.227 e. The summed E-state index contributed by atoms with van der Waals surface area (Å²) >= 11 is 1.64. The lowest BCUT2D eigenvalue weighted by atomic mass is 10.0. The van der Waals surface area contributed by atoms with Gasteiger partial charge in [0.15, 0.2) is 5.65 Å². The third kappa shape index (κ3) is 4.04. The zero-order chi connectivity index (χ0) is 18.6. The molecule has 27 heavy (non-hydrogen) atoms. The fraction of sp³-hybridized carbons (Fsp3) is 0.450. The zero-order valence-corrected chi connectivity index (χ0v) is 16.3. The van der Waals surface area contributed by atoms with Gasteiger partial charge < -0.3 is 14.2 Å². The van der Waals surface area contributed by atoms with Crippen LogP contribution < -0.4 is 0 Å². The second-order valence-corrected chi connectivity index (χ2v) is 7.81. The number of methoxy groups -OCH3 is 1. The summed E-state index contributed by atoms with van der Waals surface area (Å²) in [5.74, 6) is 1.71. The van der Waals surface area contributed by atoms with Crippen molar-refractivity contribution in [2.75, 3.05) is 26.8 Å². The van der Waals surface area contributed by atoms with Crippen molar-refractivity contribution in [1.82, 2.24) is 19.4 Å². The van der Waals surface area contributed by atoms with E-state index in [1.807, 2.05) is 28.5 Å². The number of carbonyl (C=O) groups excluding carboxylic acids is 1. The van der Waals surface area contributed by atoms with Crippen molar-refractivity contribution >= 4 is 28.4 Å². The van der Waals surface area contributed by atoms with Gasteiger partial charge in [0.1, 0.15) is 11.3 Å². The Balaban J connectivity index is 1.44. The normalized spacial score (nSPS) is 17.1. The molecule has 1 amide bonds. The first-order chi connectivity index (χ1) is 13.2. The molecule has 1 unspecified atom stereocenters. The largest absolute Gasteiger partial charge is 0.383 e. The first-order valence-electron chi connectivity index (χ1n) is 9.32. The molecule has 0 N–H and O–H groups in total. The maximum absolute atomic E-state index is 12.5. The van der Waals surface area contributed by atoms with Gasteiger partial charge in [-0.15, -0.1) is 0 Å². The molecule has 0 aliphatic carbocycles. The van der Waals surface area contributed by atoms with E-state index in [-0.39, 0.29) is 5.91 Å². The molecular formula is C20H24N4O2S. The van der Waals surface area contributed by atoms with E-state index in [2.05, 4.69) is 14.9 Å². The molecule has 4 rings (SSSR count). The summed E-state index contributed by atoms with van der Waals surface area (Å²) in [6, 6.07) is 5.95. The molecule has 0 radical (unpaired) electrons. The molecule has 3 aromatic heterocycles. The van der Waals surface area contributed by atoms with E-state index in [0.717, 1.165) is 55.0 Å². The van der Waals surface area contributed by atoms with Crippen molar-refractivity contribution < 1.29 is 9.53 Å². The fourth-order valence-corrected chi connectivity index (χ4v) is 4.41. The number of fused-ring (bicyclic) bond motifs is 1. The van der Waals surface area contributed by atoms with E-state index < -0.39 is 0 Å². The van der Waals surface area contributed by atoms with Gasteiger partial charge in [0.05, 0.1) is 13.0 Å². The van der Waals surface area contributed by atoms with Crippen LogP contribution in [0.3, 0.4) is 0 Å². The molecule has 142 valence electrons. The molecule has 0 spiro atoms. The molecule has 1 atom stereocenters. The van der Waals surface area contributed by atoms with Crippen LogP contribution in [0.15, 0.2) is 35.2 Å². The van der Waals surface area contributed by atoms with Gasteiger partial charge in [-0.2, -0.15) is 11.3 Å². The van der Waals surface area contributed by atoms with Gasteiger partial charge in [0.2, 0.25) is 5.91 Å². The highest BCUT2D eigenvalue weighted by Crippen LogP contribution is 2.24. The van der Waals surface area contributed by atoms with E-state index in [1.54, 1.807) is 24.6 Å². The van der Waals surface area contributed by atoms with Crippen molar-refractivity contribution in [3.8, 4) is 0 Å². The number of rotatable bonds is 7. The van der Waals surface area contributed by atoms with Gasteiger partial charge in [0.25, 0.3) is 0 Å². The van der Waals surface area contributed by atoms with Gasteiger partial charge in [-0.05, 0) is 46.9 Å². The fourth-order valence-electron chi connectivity index (χ4n) is 3.74. The van der Waals surface area contributed by atoms with Crippen molar-refractivity contribution in [3.63, 3.8) is 0 Å². The number of ether oxygens (including phenoxy) is 1. The summed E-state index contributed by atoms with van der Waals surface area (Å²) in [4.78, 5) is 23.8. The number of hydrogen-bond donors (Lipinski definition) is 0. The Morgan fingerprint density at radius 3 is 3.15 bits per heavy atom. The van der Waals surface area contributed by atoms with Gasteiger partial charge in [0, 0.05) is 39.4 Å². The van der Waals surface area contributed by atoms with Crippen LogP contribution in [0, 0.1) is 5.92 Å². The highest BCUT2D eigenvalue weighted by atomic mass is 32.1. The van der Waals surface area contributed by atoms with E-state index in [0.29, 0.717) is 18.9 Å². The Labute approximate surface area is 162 Å². The quantitative estimate of drug-likeness (QED) is 0.628. The van der Waals surface area contributed by atoms with Crippen LogP contribution in [0.25, 0.3) is 11.2 Å². The number of imidazole rings is 1. The zero-order valence-electron chi connectivity index (χ0n) is 15.5.